The van der Waals surface area contributed by atoms with Gasteiger partial charge in [0.1, 0.15) is 5.75 Å². The van der Waals surface area contributed by atoms with Gasteiger partial charge in [0.05, 0.1) is 7.11 Å². The minimum absolute atomic E-state index is 0.415. The van der Waals surface area contributed by atoms with Crippen molar-refractivity contribution in [2.45, 2.75) is 13.3 Å². The molecular formula is C12H13N3O. The summed E-state index contributed by atoms with van der Waals surface area (Å²) in [6, 6.07) is 5.75. The molecule has 0 saturated carbocycles. The molecular weight excluding hydrogens is 202 g/mol. The van der Waals surface area contributed by atoms with E-state index >= 15 is 0 Å². The smallest absolute Gasteiger partial charge is 0.119 e. The van der Waals surface area contributed by atoms with Crippen molar-refractivity contribution in [1.82, 2.24) is 0 Å². The van der Waals surface area contributed by atoms with Crippen LogP contribution in [-0.2, 0) is 0 Å². The molecule has 0 unspecified atom stereocenters. The van der Waals surface area contributed by atoms with Crippen LogP contribution in [0.25, 0.3) is 10.4 Å². The van der Waals surface area contributed by atoms with Crippen LogP contribution in [0.5, 0.6) is 5.75 Å². The lowest BCUT2D eigenvalue weighted by Crippen LogP contribution is -1.86. The largest absolute Gasteiger partial charge is 0.497 e. The summed E-state index contributed by atoms with van der Waals surface area (Å²) < 4.78 is 5.10. The Morgan fingerprint density at radius 3 is 2.94 bits per heavy atom. The van der Waals surface area contributed by atoms with E-state index in [2.05, 4.69) is 21.9 Å². The van der Waals surface area contributed by atoms with Crippen molar-refractivity contribution in [1.29, 1.82) is 0 Å². The molecule has 82 valence electrons. The van der Waals surface area contributed by atoms with Gasteiger partial charge in [-0.2, -0.15) is 0 Å². The molecule has 0 spiro atoms. The molecule has 0 heterocycles. The summed E-state index contributed by atoms with van der Waals surface area (Å²) in [6.07, 6.45) is 0.579. The number of methoxy groups -OCH3 is 1. The van der Waals surface area contributed by atoms with E-state index < -0.39 is 0 Å². The Balaban J connectivity index is 2.69. The third-order valence-corrected chi connectivity index (χ3v) is 2.06. The minimum atomic E-state index is 0.415. The molecule has 0 aromatic heterocycles. The number of hydrogen-bond acceptors (Lipinski definition) is 2. The van der Waals surface area contributed by atoms with Crippen molar-refractivity contribution in [2.75, 3.05) is 13.7 Å². The molecule has 0 aliphatic heterocycles. The Bertz CT molecular complexity index is 465. The summed E-state index contributed by atoms with van der Waals surface area (Å²) in [5, 5.41) is 3.41. The van der Waals surface area contributed by atoms with Crippen LogP contribution < -0.4 is 4.74 Å². The zero-order valence-corrected chi connectivity index (χ0v) is 9.40. The van der Waals surface area contributed by atoms with Gasteiger partial charge in [-0.05, 0) is 36.2 Å². The number of ether oxygens (including phenoxy) is 1. The molecule has 0 amide bonds. The fourth-order valence-corrected chi connectivity index (χ4v) is 1.21. The lowest BCUT2D eigenvalue weighted by molar-refractivity contribution is 0.414. The molecule has 1 rings (SSSR count). The summed E-state index contributed by atoms with van der Waals surface area (Å²) in [4.78, 5) is 2.66. The first-order chi connectivity index (χ1) is 7.77. The van der Waals surface area contributed by atoms with E-state index in [1.165, 1.54) is 0 Å². The van der Waals surface area contributed by atoms with Gasteiger partial charge in [0, 0.05) is 23.4 Å². The average Bonchev–Trinajstić information content (AvgIpc) is 2.30. The fraction of sp³-hybridized carbons (Fsp3) is 0.333. The van der Waals surface area contributed by atoms with Crippen molar-refractivity contribution in [3.8, 4) is 17.6 Å². The van der Waals surface area contributed by atoms with E-state index in [-0.39, 0.29) is 0 Å². The number of benzene rings is 1. The first-order valence-electron chi connectivity index (χ1n) is 4.92. The quantitative estimate of drug-likeness (QED) is 0.251. The first kappa shape index (κ1) is 12.0. The van der Waals surface area contributed by atoms with Crippen molar-refractivity contribution in [3.63, 3.8) is 0 Å². The molecule has 0 saturated heterocycles. The van der Waals surface area contributed by atoms with Crippen LogP contribution in [-0.4, -0.2) is 13.7 Å². The molecule has 0 atom stereocenters. The van der Waals surface area contributed by atoms with Gasteiger partial charge < -0.3 is 4.74 Å². The molecule has 1 aromatic rings. The van der Waals surface area contributed by atoms with Gasteiger partial charge in [-0.15, -0.1) is 0 Å². The third-order valence-electron chi connectivity index (χ3n) is 2.06. The lowest BCUT2D eigenvalue weighted by Gasteiger charge is -2.02. The second-order valence-electron chi connectivity index (χ2n) is 3.19. The van der Waals surface area contributed by atoms with Crippen LogP contribution in [0, 0.1) is 18.8 Å². The zero-order valence-electron chi connectivity index (χ0n) is 9.40. The van der Waals surface area contributed by atoms with E-state index in [9.17, 15) is 0 Å². The van der Waals surface area contributed by atoms with E-state index in [4.69, 9.17) is 10.3 Å². The highest BCUT2D eigenvalue weighted by atomic mass is 16.5. The van der Waals surface area contributed by atoms with Gasteiger partial charge >= 0.3 is 0 Å². The molecule has 1 aromatic carbocycles. The maximum Gasteiger partial charge on any atom is 0.119 e. The Morgan fingerprint density at radius 1 is 1.50 bits per heavy atom. The Morgan fingerprint density at radius 2 is 2.31 bits per heavy atom. The fourth-order valence-electron chi connectivity index (χ4n) is 1.21. The molecule has 0 bridgehead atoms. The standard InChI is InChI=1S/C12H13N3O/c1-10-9-12(16-2)7-6-11(10)5-3-4-8-14-15-13/h6-7,9H,4,8H2,1-2H3. The maximum absolute atomic E-state index is 8.08. The topological polar surface area (TPSA) is 58.0 Å². The number of aryl methyl sites for hydroxylation is 1. The van der Waals surface area contributed by atoms with Crippen LogP contribution in [0.2, 0.25) is 0 Å². The van der Waals surface area contributed by atoms with E-state index in [0.29, 0.717) is 13.0 Å². The molecule has 4 heteroatoms. The minimum Gasteiger partial charge on any atom is -0.497 e. The SMILES string of the molecule is COc1ccc(C#CCCN=[N+]=[N-])c(C)c1. The number of azide groups is 1. The predicted octanol–water partition coefficient (Wildman–Crippen LogP) is 3.06. The monoisotopic (exact) mass is 215 g/mol. The van der Waals surface area contributed by atoms with Crippen molar-refractivity contribution >= 4 is 0 Å². The van der Waals surface area contributed by atoms with Gasteiger partial charge in [0.2, 0.25) is 0 Å². The van der Waals surface area contributed by atoms with Crippen molar-refractivity contribution in [2.24, 2.45) is 5.11 Å². The second-order valence-corrected chi connectivity index (χ2v) is 3.19. The van der Waals surface area contributed by atoms with Crippen LogP contribution in [0.1, 0.15) is 17.5 Å². The van der Waals surface area contributed by atoms with Crippen LogP contribution in [0.4, 0.5) is 0 Å². The number of rotatable bonds is 3. The Kier molecular flexibility index (Phi) is 4.78. The molecule has 16 heavy (non-hydrogen) atoms. The molecule has 0 aliphatic rings. The maximum atomic E-state index is 8.08. The van der Waals surface area contributed by atoms with Gasteiger partial charge in [-0.25, -0.2) is 0 Å². The van der Waals surface area contributed by atoms with Gasteiger partial charge in [0.25, 0.3) is 0 Å². The molecule has 0 N–H and O–H groups in total. The van der Waals surface area contributed by atoms with Gasteiger partial charge in [0.15, 0.2) is 0 Å². The molecule has 0 aliphatic carbocycles. The zero-order chi connectivity index (χ0) is 11.8. The Hall–Kier alpha value is -2.11. The van der Waals surface area contributed by atoms with Gasteiger partial charge in [-0.1, -0.05) is 17.0 Å². The normalized spacial score (nSPS) is 8.62. The lowest BCUT2D eigenvalue weighted by atomic mass is 10.1. The highest BCUT2D eigenvalue weighted by Crippen LogP contribution is 2.15. The van der Waals surface area contributed by atoms with Crippen molar-refractivity contribution in [3.05, 3.63) is 39.8 Å². The Labute approximate surface area is 94.9 Å². The summed E-state index contributed by atoms with van der Waals surface area (Å²) in [7, 11) is 1.64. The molecule has 4 nitrogen and oxygen atoms in total. The molecule has 0 fully saturated rings. The van der Waals surface area contributed by atoms with Crippen LogP contribution in [0.3, 0.4) is 0 Å². The molecule has 0 radical (unpaired) electrons. The third kappa shape index (κ3) is 3.56. The summed E-state index contributed by atoms with van der Waals surface area (Å²) in [6.45, 7) is 2.40. The number of nitrogens with zero attached hydrogens (tertiary/aromatic N) is 3. The van der Waals surface area contributed by atoms with E-state index in [0.717, 1.165) is 16.9 Å². The predicted molar refractivity (Wildman–Crippen MR) is 63.2 cm³/mol. The highest BCUT2D eigenvalue weighted by Gasteiger charge is 1.96. The van der Waals surface area contributed by atoms with Gasteiger partial charge in [-0.3, -0.25) is 0 Å². The van der Waals surface area contributed by atoms with Crippen LogP contribution >= 0.6 is 0 Å². The average molecular weight is 215 g/mol. The highest BCUT2D eigenvalue weighted by molar-refractivity contribution is 5.44. The second kappa shape index (κ2) is 6.39. The summed E-state index contributed by atoms with van der Waals surface area (Å²) in [5.41, 5.74) is 10.1. The van der Waals surface area contributed by atoms with E-state index in [1.54, 1.807) is 7.11 Å². The van der Waals surface area contributed by atoms with E-state index in [1.807, 2.05) is 25.1 Å². The summed E-state index contributed by atoms with van der Waals surface area (Å²) in [5.74, 6) is 6.82. The van der Waals surface area contributed by atoms with Crippen LogP contribution in [0.15, 0.2) is 23.3 Å². The summed E-state index contributed by atoms with van der Waals surface area (Å²) >= 11 is 0. The first-order valence-corrected chi connectivity index (χ1v) is 4.92. The van der Waals surface area contributed by atoms with Crippen molar-refractivity contribution < 1.29 is 4.74 Å². The number of hydrogen-bond donors (Lipinski definition) is 0.